The van der Waals surface area contributed by atoms with Crippen LogP contribution in [0.15, 0.2) is 48.0 Å². The number of benzene rings is 2. The Labute approximate surface area is 213 Å². The van der Waals surface area contributed by atoms with Gasteiger partial charge in [-0.25, -0.2) is 0 Å². The number of Topliss-reactive ketones (excluding diaryl/α,β-unsaturated/α-hetero) is 1. The Hall–Kier alpha value is -3.52. The van der Waals surface area contributed by atoms with E-state index in [9.17, 15) is 14.7 Å². The zero-order valence-electron chi connectivity index (χ0n) is 21.9. The first-order valence-electron chi connectivity index (χ1n) is 12.2. The van der Waals surface area contributed by atoms with Crippen molar-refractivity contribution in [1.82, 2.24) is 9.80 Å². The zero-order valence-corrected chi connectivity index (χ0v) is 21.9. The first-order valence-corrected chi connectivity index (χ1v) is 12.2. The molecule has 194 valence electrons. The molecule has 2 aromatic carbocycles. The molecule has 0 saturated carbocycles. The summed E-state index contributed by atoms with van der Waals surface area (Å²) in [5.74, 6) is 0.0770. The molecule has 1 N–H and O–H groups in total. The number of methoxy groups -OCH3 is 2. The number of rotatable bonds is 11. The lowest BCUT2D eigenvalue weighted by Crippen LogP contribution is -2.38. The number of likely N-dealkylation sites (N-methyl/N-ethyl adjacent to an activating group) is 1. The van der Waals surface area contributed by atoms with E-state index in [1.807, 2.05) is 27.7 Å². The lowest BCUT2D eigenvalue weighted by Gasteiger charge is -2.29. The molecule has 1 fully saturated rings. The smallest absolute Gasteiger partial charge is 0.295 e. The monoisotopic (exact) mass is 496 g/mol. The normalized spacial score (nSPS) is 17.2. The van der Waals surface area contributed by atoms with Crippen molar-refractivity contribution >= 4 is 17.4 Å². The van der Waals surface area contributed by atoms with Crippen LogP contribution in [0.5, 0.6) is 17.2 Å². The second kappa shape index (κ2) is 11.9. The molecule has 1 aliphatic rings. The molecule has 3 rings (SSSR count). The third-order valence-corrected chi connectivity index (χ3v) is 6.33. The molecule has 1 atom stereocenters. The Kier molecular flexibility index (Phi) is 8.98. The van der Waals surface area contributed by atoms with Crippen LogP contribution >= 0.6 is 0 Å². The van der Waals surface area contributed by atoms with Crippen molar-refractivity contribution in [2.45, 2.75) is 39.8 Å². The van der Waals surface area contributed by atoms with Gasteiger partial charge in [0.25, 0.3) is 11.7 Å². The first kappa shape index (κ1) is 27.1. The van der Waals surface area contributed by atoms with Crippen LogP contribution in [0, 0.1) is 0 Å². The predicted octanol–water partition coefficient (Wildman–Crippen LogP) is 4.25. The third-order valence-electron chi connectivity index (χ3n) is 6.33. The second-order valence-corrected chi connectivity index (χ2v) is 8.82. The summed E-state index contributed by atoms with van der Waals surface area (Å²) < 4.78 is 16.6. The summed E-state index contributed by atoms with van der Waals surface area (Å²) in [7, 11) is 3.07. The zero-order chi connectivity index (χ0) is 26.4. The fourth-order valence-corrected chi connectivity index (χ4v) is 4.39. The Balaban J connectivity index is 2.13. The number of aliphatic hydroxyl groups is 1. The molecular weight excluding hydrogens is 460 g/mol. The number of aliphatic hydroxyl groups excluding tert-OH is 1. The average Bonchev–Trinajstić information content (AvgIpc) is 3.13. The Morgan fingerprint density at radius 1 is 1.00 bits per heavy atom. The maximum Gasteiger partial charge on any atom is 0.295 e. The van der Waals surface area contributed by atoms with Gasteiger partial charge < -0.3 is 29.1 Å². The Morgan fingerprint density at radius 2 is 1.64 bits per heavy atom. The van der Waals surface area contributed by atoms with E-state index in [-0.39, 0.29) is 17.4 Å². The van der Waals surface area contributed by atoms with Crippen LogP contribution in [-0.2, 0) is 9.59 Å². The molecule has 0 spiro atoms. The molecule has 0 aromatic heterocycles. The van der Waals surface area contributed by atoms with Gasteiger partial charge >= 0.3 is 0 Å². The standard InChI is InChI=1S/C28H36N2O6/c1-7-29(8-2)15-16-30-25(22-14-13-21(34-5)17-23(22)35-6)24(27(32)28(30)33)26(31)19-9-11-20(12-10-19)36-18(3)4/h9-14,17-18,25,31H,7-8,15-16H2,1-6H3/t25-/m1/s1. The minimum atomic E-state index is -0.812. The molecule has 0 radical (unpaired) electrons. The van der Waals surface area contributed by atoms with E-state index < -0.39 is 17.7 Å². The summed E-state index contributed by atoms with van der Waals surface area (Å²) in [5.41, 5.74) is 1.05. The molecule has 1 heterocycles. The topological polar surface area (TPSA) is 88.5 Å². The molecule has 8 nitrogen and oxygen atoms in total. The first-order chi connectivity index (χ1) is 17.2. The summed E-state index contributed by atoms with van der Waals surface area (Å²) in [6.07, 6.45) is 0.00288. The summed E-state index contributed by atoms with van der Waals surface area (Å²) >= 11 is 0. The molecule has 36 heavy (non-hydrogen) atoms. The average molecular weight is 497 g/mol. The number of likely N-dealkylation sites (tertiary alicyclic amines) is 1. The van der Waals surface area contributed by atoms with Crippen molar-refractivity contribution < 1.29 is 28.9 Å². The summed E-state index contributed by atoms with van der Waals surface area (Å²) in [6.45, 7) is 10.5. The van der Waals surface area contributed by atoms with E-state index in [4.69, 9.17) is 14.2 Å². The number of nitrogens with zero attached hydrogens (tertiary/aromatic N) is 2. The number of carbonyl (C=O) groups excluding carboxylic acids is 2. The quantitative estimate of drug-likeness (QED) is 0.283. The predicted molar refractivity (Wildman–Crippen MR) is 139 cm³/mol. The summed E-state index contributed by atoms with van der Waals surface area (Å²) in [4.78, 5) is 30.3. The van der Waals surface area contributed by atoms with Gasteiger partial charge in [0.05, 0.1) is 31.9 Å². The van der Waals surface area contributed by atoms with E-state index in [2.05, 4.69) is 4.90 Å². The summed E-state index contributed by atoms with van der Waals surface area (Å²) in [5, 5.41) is 11.3. The van der Waals surface area contributed by atoms with Crippen LogP contribution in [0.2, 0.25) is 0 Å². The van der Waals surface area contributed by atoms with Crippen LogP contribution in [0.3, 0.4) is 0 Å². The maximum atomic E-state index is 13.3. The van der Waals surface area contributed by atoms with E-state index in [1.54, 1.807) is 49.6 Å². The fraction of sp³-hybridized carbons (Fsp3) is 0.429. The number of carbonyl (C=O) groups is 2. The van der Waals surface area contributed by atoms with E-state index in [0.29, 0.717) is 41.5 Å². The molecule has 1 aliphatic heterocycles. The fourth-order valence-electron chi connectivity index (χ4n) is 4.39. The van der Waals surface area contributed by atoms with Crippen LogP contribution in [0.1, 0.15) is 44.9 Å². The minimum absolute atomic E-state index is 0.00288. The molecule has 1 saturated heterocycles. The van der Waals surface area contributed by atoms with Crippen molar-refractivity contribution in [3.05, 3.63) is 59.2 Å². The summed E-state index contributed by atoms with van der Waals surface area (Å²) in [6, 6.07) is 11.2. The van der Waals surface area contributed by atoms with Gasteiger partial charge in [-0.15, -0.1) is 0 Å². The van der Waals surface area contributed by atoms with Gasteiger partial charge in [-0.2, -0.15) is 0 Å². The van der Waals surface area contributed by atoms with Gasteiger partial charge in [0, 0.05) is 30.3 Å². The number of amides is 1. The minimum Gasteiger partial charge on any atom is -0.507 e. The van der Waals surface area contributed by atoms with E-state index in [0.717, 1.165) is 13.1 Å². The van der Waals surface area contributed by atoms with Gasteiger partial charge in [-0.3, -0.25) is 9.59 Å². The molecule has 0 bridgehead atoms. The highest BCUT2D eigenvalue weighted by molar-refractivity contribution is 6.46. The largest absolute Gasteiger partial charge is 0.507 e. The third kappa shape index (κ3) is 5.65. The van der Waals surface area contributed by atoms with Crippen molar-refractivity contribution in [2.24, 2.45) is 0 Å². The van der Waals surface area contributed by atoms with E-state index >= 15 is 0 Å². The van der Waals surface area contributed by atoms with Gasteiger partial charge in [0.15, 0.2) is 0 Å². The van der Waals surface area contributed by atoms with E-state index in [1.165, 1.54) is 12.0 Å². The van der Waals surface area contributed by atoms with Crippen LogP contribution < -0.4 is 14.2 Å². The van der Waals surface area contributed by atoms with Crippen LogP contribution in [0.25, 0.3) is 5.76 Å². The molecular formula is C28H36N2O6. The molecule has 2 aromatic rings. The molecule has 0 aliphatic carbocycles. The Morgan fingerprint density at radius 3 is 2.19 bits per heavy atom. The number of ether oxygens (including phenoxy) is 3. The Bertz CT molecular complexity index is 1110. The highest BCUT2D eigenvalue weighted by Gasteiger charge is 2.47. The highest BCUT2D eigenvalue weighted by atomic mass is 16.5. The van der Waals surface area contributed by atoms with Crippen LogP contribution in [-0.4, -0.2) is 73.1 Å². The van der Waals surface area contributed by atoms with Gasteiger partial charge in [0.1, 0.15) is 23.0 Å². The highest BCUT2D eigenvalue weighted by Crippen LogP contribution is 2.43. The van der Waals surface area contributed by atoms with Crippen molar-refractivity contribution in [1.29, 1.82) is 0 Å². The lowest BCUT2D eigenvalue weighted by molar-refractivity contribution is -0.140. The maximum absolute atomic E-state index is 13.3. The lowest BCUT2D eigenvalue weighted by atomic mass is 9.94. The number of hydrogen-bond donors (Lipinski definition) is 1. The van der Waals surface area contributed by atoms with Gasteiger partial charge in [0.2, 0.25) is 0 Å². The van der Waals surface area contributed by atoms with Crippen molar-refractivity contribution in [2.75, 3.05) is 40.4 Å². The van der Waals surface area contributed by atoms with Crippen LogP contribution in [0.4, 0.5) is 0 Å². The van der Waals surface area contributed by atoms with Gasteiger partial charge in [-0.05, 0) is 63.3 Å². The van der Waals surface area contributed by atoms with Crippen molar-refractivity contribution in [3.63, 3.8) is 0 Å². The number of hydrogen-bond acceptors (Lipinski definition) is 7. The molecule has 0 unspecified atom stereocenters. The molecule has 8 heteroatoms. The van der Waals surface area contributed by atoms with Gasteiger partial charge in [-0.1, -0.05) is 13.8 Å². The number of ketones is 1. The van der Waals surface area contributed by atoms with Crippen molar-refractivity contribution in [3.8, 4) is 17.2 Å². The SMILES string of the molecule is CCN(CC)CCN1C(=O)C(=O)C(=C(O)c2ccc(OC(C)C)cc2)[C@H]1c1ccc(OC)cc1OC. The second-order valence-electron chi connectivity index (χ2n) is 8.82. The molecule has 1 amide bonds.